The smallest absolute Gasteiger partial charge is 0.373 e. The van der Waals surface area contributed by atoms with E-state index in [0.29, 0.717) is 5.69 Å². The molecule has 0 saturated heterocycles. The van der Waals surface area contributed by atoms with Crippen molar-refractivity contribution in [3.8, 4) is 11.5 Å². The molecule has 1 aromatic heterocycles. The van der Waals surface area contributed by atoms with E-state index in [0.717, 1.165) is 5.56 Å². The van der Waals surface area contributed by atoms with Gasteiger partial charge in [-0.1, -0.05) is 26.8 Å². The molecule has 0 aliphatic heterocycles. The van der Waals surface area contributed by atoms with Crippen LogP contribution in [-0.2, 0) is 5.41 Å². The van der Waals surface area contributed by atoms with Crippen LogP contribution in [0.25, 0.3) is 11.5 Å². The molecule has 5 heteroatoms. The number of hydrogen-bond donors (Lipinski definition) is 1. The summed E-state index contributed by atoms with van der Waals surface area (Å²) in [6.45, 7) is 7.25. The highest BCUT2D eigenvalue weighted by Gasteiger charge is 2.29. The molecule has 0 unspecified atom stereocenters. The third-order valence-corrected chi connectivity index (χ3v) is 2.89. The third kappa shape index (κ3) is 2.57. The monoisotopic (exact) mass is 277 g/mol. The maximum atomic E-state index is 13.9. The van der Waals surface area contributed by atoms with Gasteiger partial charge in [0.2, 0.25) is 11.7 Å². The average molecular weight is 277 g/mol. The molecule has 0 radical (unpaired) electrons. The van der Waals surface area contributed by atoms with Crippen molar-refractivity contribution in [1.29, 1.82) is 0 Å². The zero-order valence-electron chi connectivity index (χ0n) is 11.8. The molecule has 0 aliphatic carbocycles. The fourth-order valence-corrected chi connectivity index (χ4v) is 1.88. The van der Waals surface area contributed by atoms with Crippen LogP contribution in [0.1, 0.15) is 42.6 Å². The number of carbonyl (C=O) groups is 1. The van der Waals surface area contributed by atoms with Crippen LogP contribution in [0.15, 0.2) is 22.6 Å². The summed E-state index contributed by atoms with van der Waals surface area (Å²) in [5, 5.41) is 9.18. The van der Waals surface area contributed by atoms with Gasteiger partial charge in [0, 0.05) is 5.41 Å². The number of aromatic nitrogens is 1. The van der Waals surface area contributed by atoms with Gasteiger partial charge in [-0.2, -0.15) is 0 Å². The second-order valence-corrected chi connectivity index (χ2v) is 5.74. The molecule has 20 heavy (non-hydrogen) atoms. The van der Waals surface area contributed by atoms with E-state index in [4.69, 9.17) is 4.42 Å². The van der Waals surface area contributed by atoms with Crippen molar-refractivity contribution in [3.63, 3.8) is 0 Å². The van der Waals surface area contributed by atoms with Crippen LogP contribution in [0.4, 0.5) is 4.39 Å². The van der Waals surface area contributed by atoms with Crippen molar-refractivity contribution in [1.82, 2.24) is 4.98 Å². The molecule has 1 N–H and O–H groups in total. The molecular formula is C15H16FNO3. The molecule has 1 aromatic carbocycles. The standard InChI is InChI=1S/C15H16FNO3/c1-8-5-6-9(10(16)7-8)13-17-12(15(2,3)4)11(20-13)14(18)19/h5-7H,1-4H3,(H,18,19). The Kier molecular flexibility index (Phi) is 3.38. The van der Waals surface area contributed by atoms with E-state index >= 15 is 0 Å². The summed E-state index contributed by atoms with van der Waals surface area (Å²) in [6.07, 6.45) is 0. The van der Waals surface area contributed by atoms with Gasteiger partial charge in [0.1, 0.15) is 11.5 Å². The van der Waals surface area contributed by atoms with Gasteiger partial charge in [-0.15, -0.1) is 0 Å². The van der Waals surface area contributed by atoms with E-state index < -0.39 is 17.2 Å². The van der Waals surface area contributed by atoms with Crippen LogP contribution < -0.4 is 0 Å². The van der Waals surface area contributed by atoms with E-state index in [1.165, 1.54) is 12.1 Å². The Bertz CT molecular complexity index is 668. The number of nitrogens with zero attached hydrogens (tertiary/aromatic N) is 1. The van der Waals surface area contributed by atoms with Gasteiger partial charge in [-0.05, 0) is 24.6 Å². The summed E-state index contributed by atoms with van der Waals surface area (Å²) in [7, 11) is 0. The summed E-state index contributed by atoms with van der Waals surface area (Å²) in [4.78, 5) is 15.4. The number of carboxylic acid groups (broad SMARTS) is 1. The zero-order valence-corrected chi connectivity index (χ0v) is 11.8. The van der Waals surface area contributed by atoms with Gasteiger partial charge in [0.15, 0.2) is 0 Å². The molecule has 0 aliphatic rings. The quantitative estimate of drug-likeness (QED) is 0.907. The number of benzene rings is 1. The van der Waals surface area contributed by atoms with E-state index in [9.17, 15) is 14.3 Å². The van der Waals surface area contributed by atoms with Crippen molar-refractivity contribution in [2.75, 3.05) is 0 Å². The molecule has 4 nitrogen and oxygen atoms in total. The zero-order chi connectivity index (χ0) is 15.1. The second-order valence-electron chi connectivity index (χ2n) is 5.74. The van der Waals surface area contributed by atoms with Gasteiger partial charge < -0.3 is 9.52 Å². The highest BCUT2D eigenvalue weighted by molar-refractivity contribution is 5.86. The minimum absolute atomic E-state index is 0.00942. The van der Waals surface area contributed by atoms with E-state index in [2.05, 4.69) is 4.98 Å². The normalized spacial score (nSPS) is 11.7. The molecule has 0 saturated carbocycles. The summed E-state index contributed by atoms with van der Waals surface area (Å²) < 4.78 is 19.2. The number of aryl methyl sites for hydroxylation is 1. The van der Waals surface area contributed by atoms with Crippen LogP contribution in [0.5, 0.6) is 0 Å². The number of rotatable bonds is 2. The van der Waals surface area contributed by atoms with Crippen LogP contribution >= 0.6 is 0 Å². The Morgan fingerprint density at radius 1 is 1.35 bits per heavy atom. The summed E-state index contributed by atoms with van der Waals surface area (Å²) in [5.41, 5.74) is 0.734. The summed E-state index contributed by atoms with van der Waals surface area (Å²) in [5.74, 6) is -1.94. The second kappa shape index (κ2) is 4.74. The predicted octanol–water partition coefficient (Wildman–Crippen LogP) is 3.78. The Hall–Kier alpha value is -2.17. The molecule has 0 atom stereocenters. The SMILES string of the molecule is Cc1ccc(-c2nc(C(C)(C)C)c(C(=O)O)o2)c(F)c1. The van der Waals surface area contributed by atoms with E-state index in [1.54, 1.807) is 13.0 Å². The highest BCUT2D eigenvalue weighted by atomic mass is 19.1. The minimum Gasteiger partial charge on any atom is -0.475 e. The van der Waals surface area contributed by atoms with Gasteiger partial charge in [0.25, 0.3) is 0 Å². The fraction of sp³-hybridized carbons (Fsp3) is 0.333. The average Bonchev–Trinajstić information content (AvgIpc) is 2.73. The molecule has 0 bridgehead atoms. The van der Waals surface area contributed by atoms with Crippen LogP contribution in [0.2, 0.25) is 0 Å². The highest BCUT2D eigenvalue weighted by Crippen LogP contribution is 2.31. The largest absolute Gasteiger partial charge is 0.475 e. The molecule has 2 rings (SSSR count). The van der Waals surface area contributed by atoms with Crippen molar-refractivity contribution in [2.45, 2.75) is 33.1 Å². The third-order valence-electron chi connectivity index (χ3n) is 2.89. The Balaban J connectivity index is 2.62. The lowest BCUT2D eigenvalue weighted by molar-refractivity contribution is 0.0659. The molecule has 2 aromatic rings. The first-order valence-corrected chi connectivity index (χ1v) is 6.21. The van der Waals surface area contributed by atoms with Gasteiger partial charge in [-0.3, -0.25) is 0 Å². The maximum Gasteiger partial charge on any atom is 0.373 e. The lowest BCUT2D eigenvalue weighted by Crippen LogP contribution is -2.16. The Morgan fingerprint density at radius 2 is 2.00 bits per heavy atom. The molecule has 106 valence electrons. The lowest BCUT2D eigenvalue weighted by atomic mass is 9.91. The van der Waals surface area contributed by atoms with Crippen LogP contribution in [-0.4, -0.2) is 16.1 Å². The van der Waals surface area contributed by atoms with E-state index in [-0.39, 0.29) is 17.2 Å². The number of hydrogen-bond acceptors (Lipinski definition) is 3. The number of carboxylic acids is 1. The van der Waals surface area contributed by atoms with Crippen LogP contribution in [0.3, 0.4) is 0 Å². The Morgan fingerprint density at radius 3 is 2.45 bits per heavy atom. The lowest BCUT2D eigenvalue weighted by Gasteiger charge is -2.14. The number of halogens is 1. The number of oxazole rings is 1. The van der Waals surface area contributed by atoms with Crippen molar-refractivity contribution >= 4 is 5.97 Å². The number of aromatic carboxylic acids is 1. The van der Waals surface area contributed by atoms with Crippen molar-refractivity contribution < 1.29 is 18.7 Å². The molecular weight excluding hydrogens is 261 g/mol. The first kappa shape index (κ1) is 14.2. The molecule has 0 amide bonds. The van der Waals surface area contributed by atoms with Crippen molar-refractivity contribution in [2.24, 2.45) is 0 Å². The van der Waals surface area contributed by atoms with E-state index in [1.807, 2.05) is 20.8 Å². The first-order valence-electron chi connectivity index (χ1n) is 6.21. The molecule has 0 fully saturated rings. The summed E-state index contributed by atoms with van der Waals surface area (Å²) in [6, 6.07) is 4.62. The first-order chi connectivity index (χ1) is 9.20. The van der Waals surface area contributed by atoms with Crippen LogP contribution in [0, 0.1) is 12.7 Å². The van der Waals surface area contributed by atoms with Gasteiger partial charge >= 0.3 is 5.97 Å². The predicted molar refractivity (Wildman–Crippen MR) is 72.3 cm³/mol. The van der Waals surface area contributed by atoms with Crippen molar-refractivity contribution in [3.05, 3.63) is 41.0 Å². The molecule has 1 heterocycles. The minimum atomic E-state index is -1.21. The van der Waals surface area contributed by atoms with Gasteiger partial charge in [0.05, 0.1) is 5.56 Å². The maximum absolute atomic E-state index is 13.9. The summed E-state index contributed by atoms with van der Waals surface area (Å²) >= 11 is 0. The Labute approximate surface area is 116 Å². The fourth-order valence-electron chi connectivity index (χ4n) is 1.88. The van der Waals surface area contributed by atoms with Gasteiger partial charge in [-0.25, -0.2) is 14.2 Å². The topological polar surface area (TPSA) is 63.3 Å². The molecule has 0 spiro atoms.